The van der Waals surface area contributed by atoms with Crippen LogP contribution in [0.15, 0.2) is 9.64 Å². The van der Waals surface area contributed by atoms with Crippen molar-refractivity contribution in [1.29, 1.82) is 0 Å². The predicted molar refractivity (Wildman–Crippen MR) is 62.9 cm³/mol. The number of nitrogens with zero attached hydrogens (tertiary/aromatic N) is 2. The van der Waals surface area contributed by atoms with E-state index in [4.69, 9.17) is 9.15 Å². The highest BCUT2D eigenvalue weighted by molar-refractivity contribution is 7.99. The van der Waals surface area contributed by atoms with Gasteiger partial charge in [-0.1, -0.05) is 29.7 Å². The molecule has 0 bridgehead atoms. The van der Waals surface area contributed by atoms with E-state index in [0.29, 0.717) is 11.8 Å². The first-order valence-electron chi connectivity index (χ1n) is 5.93. The quantitative estimate of drug-likeness (QED) is 0.596. The molecule has 1 aromatic rings. The number of hydrogen-bond donors (Lipinski definition) is 0. The Morgan fingerprint density at radius 2 is 2.24 bits per heavy atom. The van der Waals surface area contributed by atoms with Crippen LogP contribution in [0.5, 0.6) is 0 Å². The molecule has 0 aliphatic heterocycles. The first kappa shape index (κ1) is 12.4. The molecule has 0 spiro atoms. The summed E-state index contributed by atoms with van der Waals surface area (Å²) in [5, 5.41) is 7.95. The van der Waals surface area contributed by atoms with Gasteiger partial charge in [0, 0.05) is 5.75 Å². The van der Waals surface area contributed by atoms with Crippen molar-refractivity contribution in [2.24, 2.45) is 5.92 Å². The summed E-state index contributed by atoms with van der Waals surface area (Å²) in [4.78, 5) is 11.3. The highest BCUT2D eigenvalue weighted by Gasteiger charge is 2.19. The van der Waals surface area contributed by atoms with E-state index in [1.54, 1.807) is 6.92 Å². The molecule has 1 heterocycles. The Morgan fingerprint density at radius 1 is 1.47 bits per heavy atom. The molecule has 1 aliphatic rings. The maximum Gasteiger partial charge on any atom is 0.396 e. The monoisotopic (exact) mass is 256 g/mol. The minimum absolute atomic E-state index is 0.0548. The lowest BCUT2D eigenvalue weighted by Crippen LogP contribution is -2.04. The summed E-state index contributed by atoms with van der Waals surface area (Å²) in [5.74, 6) is 1.14. The number of thioether (sulfide) groups is 1. The molecule has 17 heavy (non-hydrogen) atoms. The van der Waals surface area contributed by atoms with Crippen LogP contribution in [0.3, 0.4) is 0 Å². The van der Waals surface area contributed by atoms with Crippen LogP contribution in [0.25, 0.3) is 0 Å². The number of carbonyl (C=O) groups excluding carboxylic acids is 1. The Balaban J connectivity index is 1.83. The van der Waals surface area contributed by atoms with Crippen molar-refractivity contribution in [3.8, 4) is 0 Å². The van der Waals surface area contributed by atoms with Gasteiger partial charge in [0.05, 0.1) is 6.61 Å². The molecular weight excluding hydrogens is 240 g/mol. The van der Waals surface area contributed by atoms with Gasteiger partial charge in [-0.05, 0) is 25.7 Å². The Kier molecular flexibility index (Phi) is 4.42. The largest absolute Gasteiger partial charge is 0.459 e. The molecule has 0 unspecified atom stereocenters. The summed E-state index contributed by atoms with van der Waals surface area (Å²) >= 11 is 1.53. The van der Waals surface area contributed by atoms with Gasteiger partial charge < -0.3 is 9.15 Å². The van der Waals surface area contributed by atoms with E-state index < -0.39 is 5.97 Å². The van der Waals surface area contributed by atoms with Crippen LogP contribution >= 0.6 is 11.8 Å². The van der Waals surface area contributed by atoms with E-state index in [1.165, 1.54) is 37.4 Å². The van der Waals surface area contributed by atoms with E-state index in [9.17, 15) is 4.79 Å². The standard InChI is InChI=1S/C11H16N2O3S/c1-2-15-10(14)9-12-13-11(16-9)17-7-8-5-3-4-6-8/h8H,2-7H2,1H3. The second kappa shape index (κ2) is 6.05. The fourth-order valence-corrected chi connectivity index (χ4v) is 2.86. The van der Waals surface area contributed by atoms with E-state index in [2.05, 4.69) is 10.2 Å². The van der Waals surface area contributed by atoms with Gasteiger partial charge in [0.2, 0.25) is 0 Å². The average molecular weight is 256 g/mol. The molecule has 2 rings (SSSR count). The molecule has 0 aromatic carbocycles. The third kappa shape index (κ3) is 3.46. The van der Waals surface area contributed by atoms with E-state index >= 15 is 0 Å². The summed E-state index contributed by atoms with van der Waals surface area (Å²) in [6.07, 6.45) is 5.21. The maximum atomic E-state index is 11.3. The van der Waals surface area contributed by atoms with Crippen molar-refractivity contribution in [2.75, 3.05) is 12.4 Å². The third-order valence-corrected chi connectivity index (χ3v) is 3.82. The molecular formula is C11H16N2O3S. The number of rotatable bonds is 5. The molecule has 0 atom stereocenters. The highest BCUT2D eigenvalue weighted by atomic mass is 32.2. The molecule has 94 valence electrons. The Labute approximate surface area is 104 Å². The first-order valence-corrected chi connectivity index (χ1v) is 6.91. The Bertz CT molecular complexity index is 375. The second-order valence-corrected chi connectivity index (χ2v) is 5.03. The molecule has 1 saturated carbocycles. The van der Waals surface area contributed by atoms with Crippen LogP contribution in [0.2, 0.25) is 0 Å². The van der Waals surface area contributed by atoms with Gasteiger partial charge in [0.15, 0.2) is 0 Å². The summed E-state index contributed by atoms with van der Waals surface area (Å²) in [7, 11) is 0. The van der Waals surface area contributed by atoms with Gasteiger partial charge in [-0.3, -0.25) is 0 Å². The van der Waals surface area contributed by atoms with E-state index in [-0.39, 0.29) is 5.89 Å². The molecule has 1 fully saturated rings. The number of esters is 1. The summed E-state index contributed by atoms with van der Waals surface area (Å²) in [5.41, 5.74) is 0. The van der Waals surface area contributed by atoms with Gasteiger partial charge in [-0.25, -0.2) is 4.79 Å². The number of carbonyl (C=O) groups is 1. The minimum Gasteiger partial charge on any atom is -0.459 e. The summed E-state index contributed by atoms with van der Waals surface area (Å²) < 4.78 is 10.00. The number of hydrogen-bond acceptors (Lipinski definition) is 6. The molecule has 5 nitrogen and oxygen atoms in total. The Morgan fingerprint density at radius 3 is 2.94 bits per heavy atom. The highest BCUT2D eigenvalue weighted by Crippen LogP contribution is 2.30. The van der Waals surface area contributed by atoms with Crippen molar-refractivity contribution in [3.05, 3.63) is 5.89 Å². The third-order valence-electron chi connectivity index (χ3n) is 2.77. The van der Waals surface area contributed by atoms with Gasteiger partial charge in [0.1, 0.15) is 0 Å². The van der Waals surface area contributed by atoms with Gasteiger partial charge in [-0.2, -0.15) is 0 Å². The Hall–Kier alpha value is -1.04. The lowest BCUT2D eigenvalue weighted by molar-refractivity contribution is 0.0475. The first-order chi connectivity index (χ1) is 8.29. The van der Waals surface area contributed by atoms with Crippen LogP contribution in [0.1, 0.15) is 43.3 Å². The van der Waals surface area contributed by atoms with Gasteiger partial charge in [-0.15, -0.1) is 5.10 Å². The lowest BCUT2D eigenvalue weighted by atomic mass is 10.1. The van der Waals surface area contributed by atoms with Crippen molar-refractivity contribution in [3.63, 3.8) is 0 Å². The van der Waals surface area contributed by atoms with Crippen LogP contribution in [-0.2, 0) is 4.74 Å². The van der Waals surface area contributed by atoms with Crippen LogP contribution in [0.4, 0.5) is 0 Å². The predicted octanol–water partition coefficient (Wildman–Crippen LogP) is 2.53. The smallest absolute Gasteiger partial charge is 0.396 e. The SMILES string of the molecule is CCOC(=O)c1nnc(SCC2CCCC2)o1. The summed E-state index contributed by atoms with van der Waals surface area (Å²) in [6.45, 7) is 2.05. The fourth-order valence-electron chi connectivity index (χ4n) is 1.91. The molecule has 0 N–H and O–H groups in total. The lowest BCUT2D eigenvalue weighted by Gasteiger charge is -2.04. The zero-order valence-electron chi connectivity index (χ0n) is 9.85. The minimum atomic E-state index is -0.548. The van der Waals surface area contributed by atoms with Gasteiger partial charge >= 0.3 is 11.9 Å². The van der Waals surface area contributed by atoms with Crippen LogP contribution < -0.4 is 0 Å². The van der Waals surface area contributed by atoms with Gasteiger partial charge in [0.25, 0.3) is 5.22 Å². The molecule has 6 heteroatoms. The maximum absolute atomic E-state index is 11.3. The van der Waals surface area contributed by atoms with Crippen LogP contribution in [0, 0.1) is 5.92 Å². The average Bonchev–Trinajstić information content (AvgIpc) is 2.98. The van der Waals surface area contributed by atoms with Crippen LogP contribution in [-0.4, -0.2) is 28.5 Å². The van der Waals surface area contributed by atoms with Crippen molar-refractivity contribution >= 4 is 17.7 Å². The normalized spacial score (nSPS) is 16.3. The second-order valence-electron chi connectivity index (χ2n) is 4.06. The fraction of sp³-hybridized carbons (Fsp3) is 0.727. The van der Waals surface area contributed by atoms with Crippen molar-refractivity contribution in [1.82, 2.24) is 10.2 Å². The molecule has 0 saturated heterocycles. The van der Waals surface area contributed by atoms with E-state index in [0.717, 1.165) is 11.7 Å². The van der Waals surface area contributed by atoms with E-state index in [1.807, 2.05) is 0 Å². The van der Waals surface area contributed by atoms with Crippen molar-refractivity contribution in [2.45, 2.75) is 37.8 Å². The zero-order chi connectivity index (χ0) is 12.1. The molecule has 1 aromatic heterocycles. The van der Waals surface area contributed by atoms with Crippen molar-refractivity contribution < 1.29 is 13.9 Å². The molecule has 0 radical (unpaired) electrons. The summed E-state index contributed by atoms with van der Waals surface area (Å²) in [6, 6.07) is 0. The molecule has 0 amide bonds. The molecule has 1 aliphatic carbocycles. The number of aromatic nitrogens is 2. The number of ether oxygens (including phenoxy) is 1. The topological polar surface area (TPSA) is 65.2 Å². The zero-order valence-corrected chi connectivity index (χ0v) is 10.7.